The predicted octanol–water partition coefficient (Wildman–Crippen LogP) is 1.34. The van der Waals surface area contributed by atoms with Crippen LogP contribution in [0.5, 0.6) is 5.75 Å². The van der Waals surface area contributed by atoms with Gasteiger partial charge in [0.2, 0.25) is 0 Å². The number of halogens is 1. The fraction of sp³-hybridized carbons (Fsp3) is 0.417. The molecule has 0 heterocycles. The Bertz CT molecular complexity index is 391. The van der Waals surface area contributed by atoms with Crippen LogP contribution < -0.4 is 10.1 Å². The molecular weight excluding hydrogens is 225 g/mol. The van der Waals surface area contributed by atoms with Gasteiger partial charge in [0.1, 0.15) is 0 Å². The molecule has 2 N–H and O–H groups in total. The summed E-state index contributed by atoms with van der Waals surface area (Å²) in [6.45, 7) is 1.71. The maximum atomic E-state index is 13.4. The first-order chi connectivity index (χ1) is 8.12. The third-order valence-corrected chi connectivity index (χ3v) is 2.46. The van der Waals surface area contributed by atoms with Crippen LogP contribution in [-0.4, -0.2) is 30.8 Å². The lowest BCUT2D eigenvalue weighted by atomic mass is 10.1. The second-order valence-electron chi connectivity index (χ2n) is 3.61. The van der Waals surface area contributed by atoms with Gasteiger partial charge in [-0.25, -0.2) is 4.39 Å². The van der Waals surface area contributed by atoms with Gasteiger partial charge < -0.3 is 15.2 Å². The number of aliphatic hydroxyl groups excluding tert-OH is 1. The Labute approximate surface area is 99.4 Å². The van der Waals surface area contributed by atoms with E-state index in [1.165, 1.54) is 19.2 Å². The summed E-state index contributed by atoms with van der Waals surface area (Å²) in [6, 6.07) is 3.66. The molecule has 0 aliphatic carbocycles. The van der Waals surface area contributed by atoms with E-state index in [0.29, 0.717) is 6.42 Å². The zero-order valence-corrected chi connectivity index (χ0v) is 9.87. The highest BCUT2D eigenvalue weighted by atomic mass is 19.1. The van der Waals surface area contributed by atoms with Crippen LogP contribution in [0.2, 0.25) is 0 Å². The first-order valence-electron chi connectivity index (χ1n) is 5.37. The Morgan fingerprint density at radius 3 is 2.76 bits per heavy atom. The third kappa shape index (κ3) is 3.42. The minimum absolute atomic E-state index is 0.0933. The number of nitrogens with one attached hydrogen (secondary N) is 1. The lowest BCUT2D eigenvalue weighted by Gasteiger charge is -2.14. The topological polar surface area (TPSA) is 58.6 Å². The van der Waals surface area contributed by atoms with Gasteiger partial charge in [0.05, 0.1) is 19.8 Å². The van der Waals surface area contributed by atoms with E-state index in [0.717, 1.165) is 6.07 Å². The number of rotatable bonds is 5. The number of benzene rings is 1. The molecular formula is C12H16FNO3. The molecule has 1 amide bonds. The quantitative estimate of drug-likeness (QED) is 0.817. The van der Waals surface area contributed by atoms with Crippen molar-refractivity contribution < 1.29 is 19.0 Å². The SMILES string of the molecule is CC[C@H](CO)NC(=O)c1ccc(OC)c(F)c1. The Balaban J connectivity index is 2.79. The highest BCUT2D eigenvalue weighted by Gasteiger charge is 2.13. The van der Waals surface area contributed by atoms with Gasteiger partial charge in [0, 0.05) is 5.56 Å². The standard InChI is InChI=1S/C12H16FNO3/c1-3-9(7-15)14-12(16)8-4-5-11(17-2)10(13)6-8/h4-6,9,15H,3,7H2,1-2H3,(H,14,16)/t9-/m1/s1. The highest BCUT2D eigenvalue weighted by molar-refractivity contribution is 5.94. The molecule has 1 atom stereocenters. The number of aliphatic hydroxyl groups is 1. The summed E-state index contributed by atoms with van der Waals surface area (Å²) in [7, 11) is 1.36. The molecule has 0 saturated heterocycles. The molecule has 0 bridgehead atoms. The number of carbonyl (C=O) groups excluding carboxylic acids is 1. The van der Waals surface area contributed by atoms with E-state index < -0.39 is 11.7 Å². The minimum Gasteiger partial charge on any atom is -0.494 e. The molecule has 1 aromatic rings. The zero-order chi connectivity index (χ0) is 12.8. The number of methoxy groups -OCH3 is 1. The van der Waals surface area contributed by atoms with Gasteiger partial charge >= 0.3 is 0 Å². The summed E-state index contributed by atoms with van der Waals surface area (Å²) in [4.78, 5) is 11.7. The van der Waals surface area contributed by atoms with Crippen LogP contribution in [0.15, 0.2) is 18.2 Å². The van der Waals surface area contributed by atoms with Crippen LogP contribution in [0.25, 0.3) is 0 Å². The number of hydrogen-bond donors (Lipinski definition) is 2. The molecule has 0 radical (unpaired) electrons. The van der Waals surface area contributed by atoms with Crippen molar-refractivity contribution in [2.45, 2.75) is 19.4 Å². The van der Waals surface area contributed by atoms with Crippen LogP contribution in [0.3, 0.4) is 0 Å². The van der Waals surface area contributed by atoms with Crippen LogP contribution in [0.4, 0.5) is 4.39 Å². The molecule has 1 rings (SSSR count). The van der Waals surface area contributed by atoms with E-state index in [4.69, 9.17) is 9.84 Å². The minimum atomic E-state index is -0.586. The fourth-order valence-electron chi connectivity index (χ4n) is 1.35. The van der Waals surface area contributed by atoms with E-state index in [2.05, 4.69) is 5.32 Å². The maximum absolute atomic E-state index is 13.4. The molecule has 0 aromatic heterocycles. The lowest BCUT2D eigenvalue weighted by molar-refractivity contribution is 0.0914. The van der Waals surface area contributed by atoms with Crippen molar-refractivity contribution in [1.82, 2.24) is 5.32 Å². The van der Waals surface area contributed by atoms with Crippen LogP contribution >= 0.6 is 0 Å². The summed E-state index contributed by atoms with van der Waals surface area (Å²) >= 11 is 0. The van der Waals surface area contributed by atoms with Crippen molar-refractivity contribution in [3.05, 3.63) is 29.6 Å². The molecule has 0 aliphatic rings. The van der Waals surface area contributed by atoms with Crippen molar-refractivity contribution >= 4 is 5.91 Å². The van der Waals surface area contributed by atoms with Gasteiger partial charge in [-0.3, -0.25) is 4.79 Å². The monoisotopic (exact) mass is 241 g/mol. The summed E-state index contributed by atoms with van der Waals surface area (Å²) < 4.78 is 18.1. The van der Waals surface area contributed by atoms with Crippen LogP contribution in [0, 0.1) is 5.82 Å². The van der Waals surface area contributed by atoms with E-state index in [1.807, 2.05) is 6.92 Å². The second kappa shape index (κ2) is 6.20. The summed E-state index contributed by atoms with van der Waals surface area (Å²) in [5.74, 6) is -0.902. The second-order valence-corrected chi connectivity index (χ2v) is 3.61. The normalized spacial score (nSPS) is 12.0. The van der Waals surface area contributed by atoms with Gasteiger partial charge in [-0.15, -0.1) is 0 Å². The first kappa shape index (κ1) is 13.4. The van der Waals surface area contributed by atoms with Gasteiger partial charge in [0.15, 0.2) is 11.6 Å². The van der Waals surface area contributed by atoms with E-state index in [1.54, 1.807) is 0 Å². The fourth-order valence-corrected chi connectivity index (χ4v) is 1.35. The Hall–Kier alpha value is -1.62. The van der Waals surface area contributed by atoms with Gasteiger partial charge in [-0.2, -0.15) is 0 Å². The number of amides is 1. The Morgan fingerprint density at radius 1 is 1.59 bits per heavy atom. The Kier molecular flexibility index (Phi) is 4.90. The molecule has 5 heteroatoms. The van der Waals surface area contributed by atoms with Crippen molar-refractivity contribution in [2.24, 2.45) is 0 Å². The summed E-state index contributed by atoms with van der Waals surface area (Å²) in [5.41, 5.74) is 0.204. The van der Waals surface area contributed by atoms with Crippen LogP contribution in [0.1, 0.15) is 23.7 Å². The largest absolute Gasteiger partial charge is 0.494 e. The van der Waals surface area contributed by atoms with E-state index >= 15 is 0 Å². The van der Waals surface area contributed by atoms with Gasteiger partial charge in [-0.1, -0.05) is 6.92 Å². The molecule has 0 saturated carbocycles. The van der Waals surface area contributed by atoms with Crippen molar-refractivity contribution in [3.8, 4) is 5.75 Å². The van der Waals surface area contributed by atoms with Gasteiger partial charge in [-0.05, 0) is 24.6 Å². The number of hydrogen-bond acceptors (Lipinski definition) is 3. The molecule has 94 valence electrons. The molecule has 0 unspecified atom stereocenters. The average Bonchev–Trinajstić information content (AvgIpc) is 2.35. The zero-order valence-electron chi connectivity index (χ0n) is 9.87. The van der Waals surface area contributed by atoms with Crippen molar-refractivity contribution in [3.63, 3.8) is 0 Å². The van der Waals surface area contributed by atoms with Crippen molar-refractivity contribution in [1.29, 1.82) is 0 Å². The average molecular weight is 241 g/mol. The predicted molar refractivity (Wildman–Crippen MR) is 61.6 cm³/mol. The third-order valence-electron chi connectivity index (χ3n) is 2.46. The summed E-state index contributed by atoms with van der Waals surface area (Å²) in [5, 5.41) is 11.6. The van der Waals surface area contributed by atoms with E-state index in [9.17, 15) is 9.18 Å². The molecule has 0 fully saturated rings. The van der Waals surface area contributed by atoms with Crippen molar-refractivity contribution in [2.75, 3.05) is 13.7 Å². The lowest BCUT2D eigenvalue weighted by Crippen LogP contribution is -2.36. The molecule has 17 heavy (non-hydrogen) atoms. The first-order valence-corrected chi connectivity index (χ1v) is 5.37. The number of ether oxygens (including phenoxy) is 1. The smallest absolute Gasteiger partial charge is 0.251 e. The molecule has 0 spiro atoms. The van der Waals surface area contributed by atoms with Gasteiger partial charge in [0.25, 0.3) is 5.91 Å². The maximum Gasteiger partial charge on any atom is 0.251 e. The number of carbonyl (C=O) groups is 1. The molecule has 0 aliphatic heterocycles. The Morgan fingerprint density at radius 2 is 2.29 bits per heavy atom. The molecule has 1 aromatic carbocycles. The van der Waals surface area contributed by atoms with E-state index in [-0.39, 0.29) is 24.0 Å². The van der Waals surface area contributed by atoms with Crippen LogP contribution in [-0.2, 0) is 0 Å². The molecule has 4 nitrogen and oxygen atoms in total. The summed E-state index contributed by atoms with van der Waals surface area (Å²) in [6.07, 6.45) is 0.612. The highest BCUT2D eigenvalue weighted by Crippen LogP contribution is 2.17.